The van der Waals surface area contributed by atoms with Gasteiger partial charge in [-0.3, -0.25) is 0 Å². The number of rotatable bonds is 0. The molecule has 0 radical (unpaired) electrons. The van der Waals surface area contributed by atoms with Gasteiger partial charge in [-0.2, -0.15) is 0 Å². The Bertz CT molecular complexity index is 183. The van der Waals surface area contributed by atoms with Crippen molar-refractivity contribution in [1.29, 1.82) is 0 Å². The normalized spacial score (nSPS) is 39.4. The summed E-state index contributed by atoms with van der Waals surface area (Å²) in [5.74, 6) is 0.859. The number of fused-ring (bicyclic) bond motifs is 1. The Morgan fingerprint density at radius 2 is 1.69 bits per heavy atom. The Morgan fingerprint density at radius 1 is 0.923 bits per heavy atom. The number of allylic oxidation sites excluding steroid dienone is 3. The van der Waals surface area contributed by atoms with Crippen molar-refractivity contribution in [2.24, 2.45) is 5.92 Å². The molecule has 13 heavy (non-hydrogen) atoms. The summed E-state index contributed by atoms with van der Waals surface area (Å²) in [6.45, 7) is 0.824. The standard InChI is InChI=1S/C12H18O/c1-2-4-6-8-11-10-12(11)13-9-7-5-3-1/h2,4-5,7,11-12H,1,3,6,8-10H2/b4-2-,7-5-. The topological polar surface area (TPSA) is 9.23 Å². The molecule has 1 aliphatic heterocycles. The maximum atomic E-state index is 5.68. The summed E-state index contributed by atoms with van der Waals surface area (Å²) in [5.41, 5.74) is 0. The third kappa shape index (κ3) is 3.00. The molecular weight excluding hydrogens is 160 g/mol. The second kappa shape index (κ2) is 4.61. The lowest BCUT2D eigenvalue weighted by atomic mass is 10.2. The smallest absolute Gasteiger partial charge is 0.0651 e. The largest absolute Gasteiger partial charge is 0.374 e. The zero-order valence-corrected chi connectivity index (χ0v) is 8.11. The summed E-state index contributed by atoms with van der Waals surface area (Å²) in [6, 6.07) is 0. The van der Waals surface area contributed by atoms with Crippen LogP contribution in [0.1, 0.15) is 32.1 Å². The van der Waals surface area contributed by atoms with Crippen molar-refractivity contribution in [1.82, 2.24) is 0 Å². The molecule has 1 nitrogen and oxygen atoms in total. The van der Waals surface area contributed by atoms with Crippen LogP contribution in [0.2, 0.25) is 0 Å². The average Bonchev–Trinajstić information content (AvgIpc) is 2.83. The minimum atomic E-state index is 0.581. The average molecular weight is 178 g/mol. The predicted molar refractivity (Wildman–Crippen MR) is 54.6 cm³/mol. The van der Waals surface area contributed by atoms with Crippen LogP contribution in [0.25, 0.3) is 0 Å². The van der Waals surface area contributed by atoms with E-state index in [9.17, 15) is 0 Å². The molecule has 0 aromatic heterocycles. The van der Waals surface area contributed by atoms with E-state index in [1.54, 1.807) is 0 Å². The minimum absolute atomic E-state index is 0.581. The van der Waals surface area contributed by atoms with E-state index in [-0.39, 0.29) is 0 Å². The molecule has 2 unspecified atom stereocenters. The zero-order chi connectivity index (χ0) is 8.93. The van der Waals surface area contributed by atoms with Gasteiger partial charge in [0, 0.05) is 0 Å². The van der Waals surface area contributed by atoms with Crippen LogP contribution in [0.3, 0.4) is 0 Å². The highest BCUT2D eigenvalue weighted by molar-refractivity contribution is 4.94. The van der Waals surface area contributed by atoms with Crippen LogP contribution in [-0.2, 0) is 4.74 Å². The maximum absolute atomic E-state index is 5.68. The Labute approximate surface area is 80.5 Å². The van der Waals surface area contributed by atoms with E-state index in [2.05, 4.69) is 24.3 Å². The van der Waals surface area contributed by atoms with E-state index in [1.165, 1.54) is 25.7 Å². The van der Waals surface area contributed by atoms with Gasteiger partial charge in [-0.1, -0.05) is 24.3 Å². The van der Waals surface area contributed by atoms with Crippen molar-refractivity contribution in [3.63, 3.8) is 0 Å². The van der Waals surface area contributed by atoms with Crippen molar-refractivity contribution < 1.29 is 4.74 Å². The van der Waals surface area contributed by atoms with Gasteiger partial charge in [-0.15, -0.1) is 0 Å². The first-order valence-electron chi connectivity index (χ1n) is 5.38. The van der Waals surface area contributed by atoms with Gasteiger partial charge in [0.2, 0.25) is 0 Å². The van der Waals surface area contributed by atoms with Crippen LogP contribution in [0.4, 0.5) is 0 Å². The van der Waals surface area contributed by atoms with Gasteiger partial charge < -0.3 is 4.74 Å². The molecule has 2 atom stereocenters. The van der Waals surface area contributed by atoms with Gasteiger partial charge in [0.05, 0.1) is 12.7 Å². The highest BCUT2D eigenvalue weighted by Gasteiger charge is 2.36. The second-order valence-electron chi connectivity index (χ2n) is 3.97. The molecule has 0 aromatic rings. The molecule has 2 aliphatic rings. The zero-order valence-electron chi connectivity index (χ0n) is 8.11. The summed E-state index contributed by atoms with van der Waals surface area (Å²) in [7, 11) is 0. The first-order valence-corrected chi connectivity index (χ1v) is 5.38. The minimum Gasteiger partial charge on any atom is -0.374 e. The molecule has 1 fully saturated rings. The van der Waals surface area contributed by atoms with Crippen molar-refractivity contribution in [2.45, 2.75) is 38.2 Å². The lowest BCUT2D eigenvalue weighted by molar-refractivity contribution is 0.134. The van der Waals surface area contributed by atoms with E-state index in [0.29, 0.717) is 6.10 Å². The number of ether oxygens (including phenoxy) is 1. The molecule has 0 bridgehead atoms. The lowest BCUT2D eigenvalue weighted by Crippen LogP contribution is -1.97. The monoisotopic (exact) mass is 178 g/mol. The van der Waals surface area contributed by atoms with Crippen LogP contribution in [0.5, 0.6) is 0 Å². The third-order valence-corrected chi connectivity index (χ3v) is 2.80. The van der Waals surface area contributed by atoms with Gasteiger partial charge >= 0.3 is 0 Å². The Balaban J connectivity index is 1.80. The molecule has 1 heterocycles. The quantitative estimate of drug-likeness (QED) is 0.518. The second-order valence-corrected chi connectivity index (χ2v) is 3.97. The van der Waals surface area contributed by atoms with Crippen LogP contribution >= 0.6 is 0 Å². The van der Waals surface area contributed by atoms with E-state index in [0.717, 1.165) is 18.9 Å². The summed E-state index contributed by atoms with van der Waals surface area (Å²) < 4.78 is 5.68. The summed E-state index contributed by atoms with van der Waals surface area (Å²) in [5, 5.41) is 0. The fraction of sp³-hybridized carbons (Fsp3) is 0.667. The molecule has 0 amide bonds. The van der Waals surface area contributed by atoms with Gasteiger partial charge in [-0.25, -0.2) is 0 Å². The predicted octanol–water partition coefficient (Wildman–Crippen LogP) is 3.08. The van der Waals surface area contributed by atoms with Crippen LogP contribution in [0, 0.1) is 5.92 Å². The molecule has 0 spiro atoms. The van der Waals surface area contributed by atoms with Crippen LogP contribution in [0.15, 0.2) is 24.3 Å². The van der Waals surface area contributed by atoms with Crippen LogP contribution in [-0.4, -0.2) is 12.7 Å². The van der Waals surface area contributed by atoms with E-state index >= 15 is 0 Å². The van der Waals surface area contributed by atoms with Gasteiger partial charge in [0.25, 0.3) is 0 Å². The molecule has 1 aliphatic carbocycles. The number of hydrogen-bond donors (Lipinski definition) is 0. The van der Waals surface area contributed by atoms with Crippen LogP contribution < -0.4 is 0 Å². The number of hydrogen-bond acceptors (Lipinski definition) is 1. The van der Waals surface area contributed by atoms with Gasteiger partial charge in [0.15, 0.2) is 0 Å². The first kappa shape index (κ1) is 9.01. The van der Waals surface area contributed by atoms with E-state index in [4.69, 9.17) is 4.74 Å². The molecule has 72 valence electrons. The van der Waals surface area contributed by atoms with Gasteiger partial charge in [0.1, 0.15) is 0 Å². The summed E-state index contributed by atoms with van der Waals surface area (Å²) in [4.78, 5) is 0. The fourth-order valence-electron chi connectivity index (χ4n) is 1.83. The highest BCUT2D eigenvalue weighted by atomic mass is 16.5. The third-order valence-electron chi connectivity index (χ3n) is 2.80. The highest BCUT2D eigenvalue weighted by Crippen LogP contribution is 2.37. The summed E-state index contributed by atoms with van der Waals surface area (Å²) >= 11 is 0. The van der Waals surface area contributed by atoms with Crippen molar-refractivity contribution in [3.05, 3.63) is 24.3 Å². The molecular formula is C12H18O. The van der Waals surface area contributed by atoms with Crippen molar-refractivity contribution in [3.8, 4) is 0 Å². The fourth-order valence-corrected chi connectivity index (χ4v) is 1.83. The van der Waals surface area contributed by atoms with Gasteiger partial charge in [-0.05, 0) is 38.0 Å². The van der Waals surface area contributed by atoms with Crippen molar-refractivity contribution in [2.75, 3.05) is 6.61 Å². The molecule has 0 N–H and O–H groups in total. The molecule has 0 saturated heterocycles. The first-order chi connectivity index (χ1) is 6.47. The lowest BCUT2D eigenvalue weighted by Gasteiger charge is -2.00. The maximum Gasteiger partial charge on any atom is 0.0651 e. The Kier molecular flexibility index (Phi) is 3.20. The van der Waals surface area contributed by atoms with E-state index < -0.39 is 0 Å². The molecule has 2 rings (SSSR count). The molecule has 0 aromatic carbocycles. The SMILES string of the molecule is C1=C\CCC2CC2OC/C=C\CC/1. The molecule has 1 heteroatoms. The summed E-state index contributed by atoms with van der Waals surface area (Å²) in [6.07, 6.45) is 15.8. The van der Waals surface area contributed by atoms with E-state index in [1.807, 2.05) is 0 Å². The Hall–Kier alpha value is -0.560. The Morgan fingerprint density at radius 3 is 2.62 bits per heavy atom. The van der Waals surface area contributed by atoms with Crippen molar-refractivity contribution >= 4 is 0 Å². The molecule has 1 saturated carbocycles.